The molecule has 0 spiro atoms. The minimum atomic E-state index is -0.437. The monoisotopic (exact) mass is 372 g/mol. The summed E-state index contributed by atoms with van der Waals surface area (Å²) < 4.78 is 5.33. The van der Waals surface area contributed by atoms with Gasteiger partial charge in [-0.1, -0.05) is 23.7 Å². The highest BCUT2D eigenvalue weighted by Gasteiger charge is 2.15. The summed E-state index contributed by atoms with van der Waals surface area (Å²) in [5.74, 6) is -0.131. The van der Waals surface area contributed by atoms with Crippen LogP contribution in [0.4, 0.5) is 0 Å². The molecule has 0 radical (unpaired) electrons. The molecule has 0 aliphatic rings. The third kappa shape index (κ3) is 4.04. The number of rotatable bonds is 6. The Hall–Kier alpha value is -2.83. The van der Waals surface area contributed by atoms with E-state index < -0.39 is 5.91 Å². The normalized spacial score (nSPS) is 10.7. The number of amides is 1. The first-order valence-corrected chi connectivity index (χ1v) is 8.34. The molecule has 2 aromatic carbocycles. The summed E-state index contributed by atoms with van der Waals surface area (Å²) in [5.41, 5.74) is 1.49. The Morgan fingerprint density at radius 1 is 1.19 bits per heavy atom. The summed E-state index contributed by atoms with van der Waals surface area (Å²) in [6.45, 7) is 0.323. The Kier molecular flexibility index (Phi) is 5.55. The van der Waals surface area contributed by atoms with Gasteiger partial charge in [-0.2, -0.15) is 0 Å². The second kappa shape index (κ2) is 8.03. The zero-order valence-electron chi connectivity index (χ0n) is 13.8. The van der Waals surface area contributed by atoms with E-state index in [0.29, 0.717) is 28.2 Å². The Bertz CT molecular complexity index is 929. The predicted molar refractivity (Wildman–Crippen MR) is 98.6 cm³/mol. The third-order valence-electron chi connectivity index (χ3n) is 3.78. The van der Waals surface area contributed by atoms with Gasteiger partial charge in [0, 0.05) is 23.2 Å². The van der Waals surface area contributed by atoms with Crippen molar-refractivity contribution in [3.8, 4) is 11.5 Å². The van der Waals surface area contributed by atoms with E-state index in [4.69, 9.17) is 21.4 Å². The molecule has 0 atom stereocenters. The summed E-state index contributed by atoms with van der Waals surface area (Å²) in [7, 11) is 0. The van der Waals surface area contributed by atoms with Gasteiger partial charge in [0.25, 0.3) is 5.91 Å². The van der Waals surface area contributed by atoms with Crippen molar-refractivity contribution in [2.24, 2.45) is 0 Å². The average Bonchev–Trinajstić information content (AvgIpc) is 2.66. The number of fused-ring (bicyclic) bond motifs is 1. The molecule has 1 aromatic heterocycles. The maximum absolute atomic E-state index is 12.4. The number of carbonyl (C=O) groups excluding carboxylic acids is 1. The molecular weight excluding hydrogens is 356 g/mol. The number of carbonyl (C=O) groups is 1. The third-order valence-corrected chi connectivity index (χ3v) is 4.03. The topological polar surface area (TPSA) is 91.7 Å². The van der Waals surface area contributed by atoms with Gasteiger partial charge < -0.3 is 20.3 Å². The number of hydrogen-bond acceptors (Lipinski definition) is 5. The van der Waals surface area contributed by atoms with Crippen LogP contribution in [-0.4, -0.2) is 34.3 Å². The second-order valence-electron chi connectivity index (χ2n) is 5.58. The Morgan fingerprint density at radius 3 is 2.69 bits per heavy atom. The minimum absolute atomic E-state index is 0.0748. The molecule has 3 N–H and O–H groups in total. The number of aromatic nitrogens is 1. The van der Waals surface area contributed by atoms with E-state index in [0.717, 1.165) is 5.56 Å². The van der Waals surface area contributed by atoms with Crippen LogP contribution in [0.3, 0.4) is 0 Å². The van der Waals surface area contributed by atoms with Crippen LogP contribution in [0.15, 0.2) is 48.7 Å². The van der Waals surface area contributed by atoms with Gasteiger partial charge in [0.1, 0.15) is 23.7 Å². The summed E-state index contributed by atoms with van der Waals surface area (Å²) in [6.07, 6.45) is 1.34. The van der Waals surface area contributed by atoms with E-state index in [1.165, 1.54) is 6.20 Å². The van der Waals surface area contributed by atoms with Crippen molar-refractivity contribution in [1.82, 2.24) is 10.3 Å². The van der Waals surface area contributed by atoms with Crippen LogP contribution in [-0.2, 0) is 6.54 Å². The van der Waals surface area contributed by atoms with E-state index in [2.05, 4.69) is 10.3 Å². The van der Waals surface area contributed by atoms with Crippen molar-refractivity contribution < 1.29 is 19.7 Å². The number of ether oxygens (including phenoxy) is 1. The van der Waals surface area contributed by atoms with Crippen LogP contribution in [0.1, 0.15) is 15.9 Å². The fourth-order valence-electron chi connectivity index (χ4n) is 2.46. The maximum Gasteiger partial charge on any atom is 0.256 e. The van der Waals surface area contributed by atoms with Gasteiger partial charge in [0.05, 0.1) is 12.1 Å². The van der Waals surface area contributed by atoms with Crippen molar-refractivity contribution in [2.45, 2.75) is 6.54 Å². The number of aliphatic hydroxyl groups is 1. The van der Waals surface area contributed by atoms with E-state index in [-0.39, 0.29) is 24.5 Å². The van der Waals surface area contributed by atoms with Gasteiger partial charge in [0.15, 0.2) is 0 Å². The van der Waals surface area contributed by atoms with Crippen LogP contribution >= 0.6 is 11.6 Å². The van der Waals surface area contributed by atoms with Gasteiger partial charge >= 0.3 is 0 Å². The molecule has 3 aromatic rings. The standard InChI is InChI=1S/C19H17ClN2O4/c20-13-3-1-12(2-4-13)10-22-19(25)16-11-21-17-6-5-14(26-8-7-23)9-15(17)18(16)24/h1-6,9,11,23H,7-8,10H2,(H,21,24)(H,22,25). The molecule has 0 bridgehead atoms. The number of nitrogens with zero attached hydrogens (tertiary/aromatic N) is 1. The number of hydrogen-bond donors (Lipinski definition) is 3. The fourth-order valence-corrected chi connectivity index (χ4v) is 2.58. The molecule has 134 valence electrons. The lowest BCUT2D eigenvalue weighted by Crippen LogP contribution is -2.23. The fraction of sp³-hybridized carbons (Fsp3) is 0.158. The molecule has 0 fully saturated rings. The predicted octanol–water partition coefficient (Wildman–Crippen LogP) is 2.89. The zero-order valence-corrected chi connectivity index (χ0v) is 14.5. The van der Waals surface area contributed by atoms with Crippen molar-refractivity contribution in [3.05, 3.63) is 64.8 Å². The highest BCUT2D eigenvalue weighted by molar-refractivity contribution is 6.30. The molecule has 6 nitrogen and oxygen atoms in total. The van der Waals surface area contributed by atoms with Crippen molar-refractivity contribution in [2.75, 3.05) is 13.2 Å². The summed E-state index contributed by atoms with van der Waals surface area (Å²) in [5, 5.41) is 23.1. The first-order chi connectivity index (χ1) is 12.6. The summed E-state index contributed by atoms with van der Waals surface area (Å²) in [6, 6.07) is 12.1. The van der Waals surface area contributed by atoms with E-state index >= 15 is 0 Å². The molecular formula is C19H17ClN2O4. The molecule has 1 amide bonds. The highest BCUT2D eigenvalue weighted by Crippen LogP contribution is 2.30. The Labute approximate surface area is 155 Å². The molecule has 0 unspecified atom stereocenters. The lowest BCUT2D eigenvalue weighted by atomic mass is 10.1. The summed E-state index contributed by atoms with van der Waals surface area (Å²) >= 11 is 5.84. The maximum atomic E-state index is 12.4. The van der Waals surface area contributed by atoms with E-state index in [1.807, 2.05) is 12.1 Å². The minimum Gasteiger partial charge on any atom is -0.506 e. The number of aromatic hydroxyl groups is 1. The number of benzene rings is 2. The van der Waals surface area contributed by atoms with Gasteiger partial charge in [-0.3, -0.25) is 9.78 Å². The SMILES string of the molecule is O=C(NCc1ccc(Cl)cc1)c1cnc2ccc(OCCO)cc2c1O. The van der Waals surface area contributed by atoms with Crippen molar-refractivity contribution >= 4 is 28.4 Å². The number of halogens is 1. The quantitative estimate of drug-likeness (QED) is 0.618. The molecule has 0 aliphatic heterocycles. The lowest BCUT2D eigenvalue weighted by Gasteiger charge is -2.10. The number of aliphatic hydroxyl groups excluding tert-OH is 1. The van der Waals surface area contributed by atoms with E-state index in [9.17, 15) is 9.90 Å². The number of nitrogens with one attached hydrogen (secondary N) is 1. The Morgan fingerprint density at radius 2 is 1.96 bits per heavy atom. The smallest absolute Gasteiger partial charge is 0.256 e. The first kappa shape index (κ1) is 18.0. The largest absolute Gasteiger partial charge is 0.506 e. The summed E-state index contributed by atoms with van der Waals surface area (Å²) in [4.78, 5) is 16.6. The molecule has 26 heavy (non-hydrogen) atoms. The van der Waals surface area contributed by atoms with Crippen LogP contribution in [0, 0.1) is 0 Å². The number of pyridine rings is 1. The van der Waals surface area contributed by atoms with Crippen molar-refractivity contribution in [3.63, 3.8) is 0 Å². The van der Waals surface area contributed by atoms with Crippen LogP contribution in [0.25, 0.3) is 10.9 Å². The molecule has 0 aliphatic carbocycles. The molecule has 3 rings (SSSR count). The van der Waals surface area contributed by atoms with Crippen LogP contribution < -0.4 is 10.1 Å². The average molecular weight is 373 g/mol. The Balaban J connectivity index is 1.80. The van der Waals surface area contributed by atoms with Gasteiger partial charge in [-0.25, -0.2) is 0 Å². The zero-order chi connectivity index (χ0) is 18.5. The second-order valence-corrected chi connectivity index (χ2v) is 6.02. The lowest BCUT2D eigenvalue weighted by molar-refractivity contribution is 0.0948. The molecule has 7 heteroatoms. The van der Waals surface area contributed by atoms with Gasteiger partial charge in [0.2, 0.25) is 0 Å². The van der Waals surface area contributed by atoms with Crippen LogP contribution in [0.5, 0.6) is 11.5 Å². The van der Waals surface area contributed by atoms with Gasteiger partial charge in [-0.15, -0.1) is 0 Å². The van der Waals surface area contributed by atoms with Crippen molar-refractivity contribution in [1.29, 1.82) is 0 Å². The molecule has 1 heterocycles. The highest BCUT2D eigenvalue weighted by atomic mass is 35.5. The molecule has 0 saturated carbocycles. The van der Waals surface area contributed by atoms with Gasteiger partial charge in [-0.05, 0) is 35.9 Å². The molecule has 0 saturated heterocycles. The van der Waals surface area contributed by atoms with Crippen LogP contribution in [0.2, 0.25) is 5.02 Å². The first-order valence-electron chi connectivity index (χ1n) is 7.96. The van der Waals surface area contributed by atoms with E-state index in [1.54, 1.807) is 30.3 Å².